The Balaban J connectivity index is 1.72. The van der Waals surface area contributed by atoms with Crippen molar-refractivity contribution in [2.75, 3.05) is 5.73 Å². The van der Waals surface area contributed by atoms with Gasteiger partial charge in [0.1, 0.15) is 5.82 Å². The molecule has 4 aliphatic rings. The summed E-state index contributed by atoms with van der Waals surface area (Å²) < 4.78 is 15.7. The minimum atomic E-state index is -0.238. The predicted octanol–water partition coefficient (Wildman–Crippen LogP) is 3.68. The molecule has 0 radical (unpaired) electrons. The molecule has 4 bridgehead atoms. The molecule has 4 saturated carbocycles. The predicted molar refractivity (Wildman–Crippen MR) is 80.2 cm³/mol. The quantitative estimate of drug-likeness (QED) is 0.868. The minimum absolute atomic E-state index is 0.144. The van der Waals surface area contributed by atoms with Crippen molar-refractivity contribution in [1.29, 1.82) is 0 Å². The third kappa shape index (κ3) is 1.56. The van der Waals surface area contributed by atoms with Gasteiger partial charge >= 0.3 is 0 Å². The van der Waals surface area contributed by atoms with Gasteiger partial charge in [-0.15, -0.1) is 0 Å². The molecule has 1 aromatic heterocycles. The Kier molecular flexibility index (Phi) is 2.17. The molecule has 4 fully saturated rings. The van der Waals surface area contributed by atoms with Crippen LogP contribution in [0, 0.1) is 23.6 Å². The van der Waals surface area contributed by atoms with Crippen molar-refractivity contribution in [3.05, 3.63) is 24.0 Å². The lowest BCUT2D eigenvalue weighted by molar-refractivity contribution is -0.0398. The molecule has 0 saturated heterocycles. The minimum Gasteiger partial charge on any atom is -0.369 e. The number of aromatic nitrogens is 2. The fourth-order valence-corrected chi connectivity index (χ4v) is 5.91. The normalized spacial score (nSPS) is 37.5. The van der Waals surface area contributed by atoms with Gasteiger partial charge in [-0.05, 0) is 68.4 Å². The van der Waals surface area contributed by atoms with Gasteiger partial charge in [-0.3, -0.25) is 0 Å². The van der Waals surface area contributed by atoms with Crippen molar-refractivity contribution in [2.45, 2.75) is 44.1 Å². The van der Waals surface area contributed by atoms with E-state index in [4.69, 9.17) is 5.73 Å². The Morgan fingerprint density at radius 2 is 1.71 bits per heavy atom. The highest BCUT2D eigenvalue weighted by Gasteiger charge is 2.52. The molecule has 0 unspecified atom stereocenters. The molecule has 110 valence electrons. The van der Waals surface area contributed by atoms with E-state index in [1.54, 1.807) is 0 Å². The molecule has 0 spiro atoms. The SMILES string of the molecule is Nc1nc2cc(F)ccc2n1C12CC3CC(CC(C3)C1)C2. The van der Waals surface area contributed by atoms with E-state index in [1.807, 2.05) is 6.07 Å². The fraction of sp³-hybridized carbons (Fsp3) is 0.588. The van der Waals surface area contributed by atoms with Crippen LogP contribution < -0.4 is 5.73 Å². The molecular weight excluding hydrogens is 265 g/mol. The third-order valence-corrected chi connectivity index (χ3v) is 6.12. The van der Waals surface area contributed by atoms with Crippen LogP contribution in [0.1, 0.15) is 38.5 Å². The van der Waals surface area contributed by atoms with Gasteiger partial charge in [0.05, 0.1) is 11.0 Å². The summed E-state index contributed by atoms with van der Waals surface area (Å²) in [7, 11) is 0. The number of nitrogens with two attached hydrogens (primary N) is 1. The molecule has 2 aromatic rings. The number of benzene rings is 1. The lowest BCUT2D eigenvalue weighted by Crippen LogP contribution is -2.52. The highest BCUT2D eigenvalue weighted by atomic mass is 19.1. The van der Waals surface area contributed by atoms with Gasteiger partial charge in [-0.2, -0.15) is 0 Å². The summed E-state index contributed by atoms with van der Waals surface area (Å²) >= 11 is 0. The molecular formula is C17H20FN3. The van der Waals surface area contributed by atoms with E-state index in [0.717, 1.165) is 23.3 Å². The first kappa shape index (κ1) is 12.0. The Hall–Kier alpha value is -1.58. The standard InChI is InChI=1S/C17H20FN3/c18-13-1-2-15-14(6-13)20-16(19)21(15)17-7-10-3-11(8-17)5-12(4-10)9-17/h1-2,6,10-12H,3-5,7-9H2,(H2,19,20). The van der Waals surface area contributed by atoms with Gasteiger partial charge in [0, 0.05) is 11.6 Å². The number of rotatable bonds is 1. The second-order valence-corrected chi connectivity index (χ2v) is 7.58. The van der Waals surface area contributed by atoms with Gasteiger partial charge in [-0.25, -0.2) is 9.37 Å². The molecule has 2 N–H and O–H groups in total. The maximum Gasteiger partial charge on any atom is 0.201 e. The monoisotopic (exact) mass is 285 g/mol. The second-order valence-electron chi connectivity index (χ2n) is 7.58. The van der Waals surface area contributed by atoms with Crippen LogP contribution in [-0.4, -0.2) is 9.55 Å². The number of imidazole rings is 1. The molecule has 1 heterocycles. The van der Waals surface area contributed by atoms with Crippen LogP contribution in [0.5, 0.6) is 0 Å². The summed E-state index contributed by atoms with van der Waals surface area (Å²) in [5.41, 5.74) is 8.11. The average molecular weight is 285 g/mol. The van der Waals surface area contributed by atoms with Crippen LogP contribution in [0.25, 0.3) is 11.0 Å². The van der Waals surface area contributed by atoms with Crippen molar-refractivity contribution in [3.8, 4) is 0 Å². The van der Waals surface area contributed by atoms with Crippen LogP contribution in [0.2, 0.25) is 0 Å². The topological polar surface area (TPSA) is 43.8 Å². The van der Waals surface area contributed by atoms with Crippen LogP contribution in [0.15, 0.2) is 18.2 Å². The van der Waals surface area contributed by atoms with E-state index < -0.39 is 0 Å². The molecule has 0 atom stereocenters. The highest BCUT2D eigenvalue weighted by molar-refractivity contribution is 5.78. The van der Waals surface area contributed by atoms with Crippen molar-refractivity contribution < 1.29 is 4.39 Å². The maximum absolute atomic E-state index is 13.4. The number of fused-ring (bicyclic) bond motifs is 1. The second kappa shape index (κ2) is 3.79. The Bertz CT molecular complexity index is 698. The Morgan fingerprint density at radius 1 is 1.10 bits per heavy atom. The number of nitrogens with zero attached hydrogens (tertiary/aromatic N) is 2. The Labute approximate surface area is 123 Å². The van der Waals surface area contributed by atoms with Crippen LogP contribution >= 0.6 is 0 Å². The smallest absolute Gasteiger partial charge is 0.201 e. The highest BCUT2D eigenvalue weighted by Crippen LogP contribution is 2.59. The molecule has 0 amide bonds. The fourth-order valence-electron chi connectivity index (χ4n) is 5.91. The van der Waals surface area contributed by atoms with Crippen molar-refractivity contribution in [1.82, 2.24) is 9.55 Å². The summed E-state index contributed by atoms with van der Waals surface area (Å²) in [6.07, 6.45) is 7.89. The number of anilines is 1. The van der Waals surface area contributed by atoms with E-state index in [2.05, 4.69) is 9.55 Å². The van der Waals surface area contributed by atoms with E-state index >= 15 is 0 Å². The molecule has 3 nitrogen and oxygen atoms in total. The Morgan fingerprint density at radius 3 is 2.33 bits per heavy atom. The zero-order valence-electron chi connectivity index (χ0n) is 12.1. The molecule has 4 heteroatoms. The van der Waals surface area contributed by atoms with Crippen LogP contribution in [0.4, 0.5) is 10.3 Å². The maximum atomic E-state index is 13.4. The van der Waals surface area contributed by atoms with Crippen molar-refractivity contribution in [3.63, 3.8) is 0 Å². The number of hydrogen-bond donors (Lipinski definition) is 1. The lowest BCUT2D eigenvalue weighted by atomic mass is 9.53. The van der Waals surface area contributed by atoms with Gasteiger partial charge in [0.25, 0.3) is 0 Å². The zero-order valence-corrected chi connectivity index (χ0v) is 12.1. The van der Waals surface area contributed by atoms with E-state index in [1.165, 1.54) is 50.7 Å². The molecule has 0 aliphatic heterocycles. The molecule has 21 heavy (non-hydrogen) atoms. The van der Waals surface area contributed by atoms with E-state index in [-0.39, 0.29) is 11.4 Å². The molecule has 6 rings (SSSR count). The van der Waals surface area contributed by atoms with Crippen molar-refractivity contribution >= 4 is 17.0 Å². The zero-order chi connectivity index (χ0) is 14.2. The number of hydrogen-bond acceptors (Lipinski definition) is 2. The van der Waals surface area contributed by atoms with Gasteiger partial charge in [-0.1, -0.05) is 0 Å². The molecule has 1 aromatic carbocycles. The van der Waals surface area contributed by atoms with Gasteiger partial charge < -0.3 is 10.3 Å². The van der Waals surface area contributed by atoms with Crippen LogP contribution in [0.3, 0.4) is 0 Å². The van der Waals surface area contributed by atoms with Crippen molar-refractivity contribution in [2.24, 2.45) is 17.8 Å². The van der Waals surface area contributed by atoms with Crippen LogP contribution in [-0.2, 0) is 5.54 Å². The summed E-state index contributed by atoms with van der Waals surface area (Å²) in [5.74, 6) is 2.89. The first-order valence-corrected chi connectivity index (χ1v) is 8.07. The average Bonchev–Trinajstić information content (AvgIpc) is 2.72. The van der Waals surface area contributed by atoms with E-state index in [9.17, 15) is 4.39 Å². The summed E-state index contributed by atoms with van der Waals surface area (Å²) in [4.78, 5) is 4.43. The van der Waals surface area contributed by atoms with E-state index in [0.29, 0.717) is 11.5 Å². The number of halogens is 1. The van der Waals surface area contributed by atoms with Gasteiger partial charge in [0.2, 0.25) is 5.95 Å². The largest absolute Gasteiger partial charge is 0.369 e. The summed E-state index contributed by atoms with van der Waals surface area (Å²) in [6, 6.07) is 4.88. The summed E-state index contributed by atoms with van der Waals surface area (Å²) in [6.45, 7) is 0. The first-order valence-electron chi connectivity index (χ1n) is 8.07. The lowest BCUT2D eigenvalue weighted by Gasteiger charge is -2.57. The third-order valence-electron chi connectivity index (χ3n) is 6.12. The molecule has 4 aliphatic carbocycles. The number of nitrogen functional groups attached to an aromatic ring is 1. The first-order chi connectivity index (χ1) is 10.1. The van der Waals surface area contributed by atoms with Gasteiger partial charge in [0.15, 0.2) is 0 Å². The summed E-state index contributed by atoms with van der Waals surface area (Å²) in [5, 5.41) is 0.